The molecule has 0 aliphatic rings. The van der Waals surface area contributed by atoms with Crippen LogP contribution in [0.2, 0.25) is 0 Å². The molecule has 0 aliphatic carbocycles. The Morgan fingerprint density at radius 2 is 1.86 bits per heavy atom. The van der Waals surface area contributed by atoms with Gasteiger partial charge in [0, 0.05) is 0 Å². The molecule has 0 unspecified atom stereocenters. The van der Waals surface area contributed by atoms with Gasteiger partial charge in [-0.25, -0.2) is 0 Å². The monoisotopic (exact) mass is 188 g/mol. The van der Waals surface area contributed by atoms with Crippen molar-refractivity contribution in [2.75, 3.05) is 6.61 Å². The highest BCUT2D eigenvalue weighted by atomic mass is 16.2. The van der Waals surface area contributed by atoms with Gasteiger partial charge in [-0.05, 0) is 17.5 Å². The molecule has 1 aromatic carbocycles. The van der Waals surface area contributed by atoms with E-state index in [1.807, 2.05) is 18.2 Å². The van der Waals surface area contributed by atoms with Crippen LogP contribution in [0.15, 0.2) is 42.5 Å². The minimum atomic E-state index is 0.0963. The molecule has 0 radical (unpaired) electrons. The Hall–Kier alpha value is -1.34. The van der Waals surface area contributed by atoms with Crippen LogP contribution in [0.4, 0.5) is 0 Å². The van der Waals surface area contributed by atoms with Gasteiger partial charge < -0.3 is 5.11 Å². The van der Waals surface area contributed by atoms with E-state index in [4.69, 9.17) is 5.11 Å². The summed E-state index contributed by atoms with van der Waals surface area (Å²) in [4.78, 5) is 0. The molecule has 1 N–H and O–H groups in total. The molecule has 0 aliphatic heterocycles. The van der Waals surface area contributed by atoms with Gasteiger partial charge in [0.2, 0.25) is 0 Å². The van der Waals surface area contributed by atoms with Gasteiger partial charge in [0.15, 0.2) is 0 Å². The van der Waals surface area contributed by atoms with Crippen molar-refractivity contribution in [3.05, 3.63) is 53.6 Å². The fraction of sp³-hybridized carbons (Fsp3) is 0.231. The third-order valence-corrected chi connectivity index (χ3v) is 2.03. The Morgan fingerprint density at radius 1 is 1.14 bits per heavy atom. The van der Waals surface area contributed by atoms with Crippen molar-refractivity contribution in [3.8, 4) is 0 Å². The number of aliphatic hydroxyl groups is 1. The van der Waals surface area contributed by atoms with Gasteiger partial charge in [0.05, 0.1) is 6.61 Å². The second kappa shape index (κ2) is 6.17. The third kappa shape index (κ3) is 3.58. The van der Waals surface area contributed by atoms with Gasteiger partial charge in [0.25, 0.3) is 0 Å². The van der Waals surface area contributed by atoms with E-state index in [9.17, 15) is 0 Å². The van der Waals surface area contributed by atoms with Crippen LogP contribution >= 0.6 is 0 Å². The molecule has 0 saturated heterocycles. The molecular formula is C13H16O. The van der Waals surface area contributed by atoms with Crippen LogP contribution in [-0.4, -0.2) is 11.7 Å². The standard InChI is InChI=1S/C13H16O/c1-2-12-7-9-13(10-8-12)6-4-3-5-11-14/h3-10,14H,2,11H2,1H3/b5-3+,6-4+. The number of aliphatic hydroxyl groups excluding tert-OH is 1. The van der Waals surface area contributed by atoms with Crippen LogP contribution in [0.1, 0.15) is 18.1 Å². The molecule has 1 rings (SSSR count). The molecule has 0 fully saturated rings. The molecule has 0 aromatic heterocycles. The van der Waals surface area contributed by atoms with E-state index >= 15 is 0 Å². The quantitative estimate of drug-likeness (QED) is 0.720. The van der Waals surface area contributed by atoms with E-state index in [2.05, 4.69) is 31.2 Å². The van der Waals surface area contributed by atoms with Crippen molar-refractivity contribution in [1.82, 2.24) is 0 Å². The van der Waals surface area contributed by atoms with E-state index in [-0.39, 0.29) is 6.61 Å². The first kappa shape index (κ1) is 10.7. The maximum absolute atomic E-state index is 8.51. The summed E-state index contributed by atoms with van der Waals surface area (Å²) in [7, 11) is 0. The highest BCUT2D eigenvalue weighted by molar-refractivity contribution is 5.51. The van der Waals surface area contributed by atoms with Gasteiger partial charge in [0.1, 0.15) is 0 Å². The first-order chi connectivity index (χ1) is 6.86. The summed E-state index contributed by atoms with van der Waals surface area (Å²) in [5, 5.41) is 8.51. The van der Waals surface area contributed by atoms with Crippen molar-refractivity contribution in [3.63, 3.8) is 0 Å². The summed E-state index contributed by atoms with van der Waals surface area (Å²) < 4.78 is 0. The number of hydrogen-bond donors (Lipinski definition) is 1. The summed E-state index contributed by atoms with van der Waals surface area (Å²) in [6, 6.07) is 8.47. The van der Waals surface area contributed by atoms with Crippen LogP contribution in [0.5, 0.6) is 0 Å². The average molecular weight is 188 g/mol. The van der Waals surface area contributed by atoms with Crippen LogP contribution in [-0.2, 0) is 6.42 Å². The largest absolute Gasteiger partial charge is 0.392 e. The molecule has 1 heteroatoms. The zero-order valence-electron chi connectivity index (χ0n) is 8.48. The van der Waals surface area contributed by atoms with Crippen LogP contribution < -0.4 is 0 Å². The van der Waals surface area contributed by atoms with Crippen molar-refractivity contribution < 1.29 is 5.11 Å². The van der Waals surface area contributed by atoms with E-state index in [1.54, 1.807) is 6.08 Å². The average Bonchev–Trinajstić information content (AvgIpc) is 2.25. The minimum absolute atomic E-state index is 0.0963. The SMILES string of the molecule is CCc1ccc(/C=C/C=C/CO)cc1. The second-order valence-corrected chi connectivity index (χ2v) is 3.06. The lowest BCUT2D eigenvalue weighted by Gasteiger charge is -1.96. The van der Waals surface area contributed by atoms with Crippen molar-refractivity contribution in [2.24, 2.45) is 0 Å². The Bertz CT molecular complexity index is 307. The molecule has 0 atom stereocenters. The maximum atomic E-state index is 8.51. The van der Waals surface area contributed by atoms with E-state index in [1.165, 1.54) is 11.1 Å². The predicted molar refractivity (Wildman–Crippen MR) is 61.1 cm³/mol. The third-order valence-electron chi connectivity index (χ3n) is 2.03. The van der Waals surface area contributed by atoms with Gasteiger partial charge in [-0.15, -0.1) is 0 Å². The molecule has 0 amide bonds. The number of allylic oxidation sites excluding steroid dienone is 2. The van der Waals surface area contributed by atoms with Gasteiger partial charge >= 0.3 is 0 Å². The highest BCUT2D eigenvalue weighted by Crippen LogP contribution is 2.06. The molecule has 1 aromatic rings. The first-order valence-electron chi connectivity index (χ1n) is 4.90. The van der Waals surface area contributed by atoms with Crippen molar-refractivity contribution >= 4 is 6.08 Å². The molecule has 74 valence electrons. The topological polar surface area (TPSA) is 20.2 Å². The number of rotatable bonds is 4. The lowest BCUT2D eigenvalue weighted by Crippen LogP contribution is -1.78. The van der Waals surface area contributed by atoms with Gasteiger partial charge in [-0.1, -0.05) is 55.5 Å². The number of hydrogen-bond acceptors (Lipinski definition) is 1. The fourth-order valence-electron chi connectivity index (χ4n) is 1.17. The van der Waals surface area contributed by atoms with E-state index in [0.29, 0.717) is 0 Å². The Morgan fingerprint density at radius 3 is 2.43 bits per heavy atom. The summed E-state index contributed by atoms with van der Waals surface area (Å²) >= 11 is 0. The van der Waals surface area contributed by atoms with Crippen LogP contribution in [0.25, 0.3) is 6.08 Å². The van der Waals surface area contributed by atoms with Crippen LogP contribution in [0, 0.1) is 0 Å². The van der Waals surface area contributed by atoms with Gasteiger partial charge in [-0.3, -0.25) is 0 Å². The lowest BCUT2D eigenvalue weighted by atomic mass is 10.1. The molecular weight excluding hydrogens is 172 g/mol. The van der Waals surface area contributed by atoms with Crippen molar-refractivity contribution in [2.45, 2.75) is 13.3 Å². The summed E-state index contributed by atoms with van der Waals surface area (Å²) in [6.45, 7) is 2.24. The molecule has 0 bridgehead atoms. The second-order valence-electron chi connectivity index (χ2n) is 3.06. The zero-order valence-corrected chi connectivity index (χ0v) is 8.48. The first-order valence-corrected chi connectivity index (χ1v) is 4.90. The Kier molecular flexibility index (Phi) is 4.73. The molecule has 1 nitrogen and oxygen atoms in total. The van der Waals surface area contributed by atoms with Crippen LogP contribution in [0.3, 0.4) is 0 Å². The molecule has 14 heavy (non-hydrogen) atoms. The number of benzene rings is 1. The molecule has 0 saturated carbocycles. The number of aryl methyl sites for hydroxylation is 1. The highest BCUT2D eigenvalue weighted by Gasteiger charge is 1.87. The van der Waals surface area contributed by atoms with Gasteiger partial charge in [-0.2, -0.15) is 0 Å². The smallest absolute Gasteiger partial charge is 0.0615 e. The fourth-order valence-corrected chi connectivity index (χ4v) is 1.17. The minimum Gasteiger partial charge on any atom is -0.392 e. The summed E-state index contributed by atoms with van der Waals surface area (Å²) in [6.07, 6.45) is 8.57. The Balaban J connectivity index is 2.59. The van der Waals surface area contributed by atoms with E-state index < -0.39 is 0 Å². The Labute approximate surface area is 85.4 Å². The molecule has 0 spiro atoms. The summed E-state index contributed by atoms with van der Waals surface area (Å²) in [5.74, 6) is 0. The molecule has 0 heterocycles. The zero-order chi connectivity index (χ0) is 10.2. The lowest BCUT2D eigenvalue weighted by molar-refractivity contribution is 0.343. The maximum Gasteiger partial charge on any atom is 0.0615 e. The summed E-state index contributed by atoms with van der Waals surface area (Å²) in [5.41, 5.74) is 2.54. The van der Waals surface area contributed by atoms with E-state index in [0.717, 1.165) is 6.42 Å². The normalized spacial score (nSPS) is 11.6. The predicted octanol–water partition coefficient (Wildman–Crippen LogP) is 2.81. The van der Waals surface area contributed by atoms with Crippen molar-refractivity contribution in [1.29, 1.82) is 0 Å².